The van der Waals surface area contributed by atoms with Crippen LogP contribution >= 0.6 is 11.6 Å². The maximum Gasteiger partial charge on any atom is 0.168 e. The van der Waals surface area contributed by atoms with Gasteiger partial charge in [-0.2, -0.15) is 0 Å². The van der Waals surface area contributed by atoms with Gasteiger partial charge in [-0.05, 0) is 24.8 Å². The van der Waals surface area contributed by atoms with Crippen LogP contribution in [0.25, 0.3) is 10.8 Å². The van der Waals surface area contributed by atoms with E-state index >= 15 is 0 Å². The van der Waals surface area contributed by atoms with Gasteiger partial charge in [0.05, 0.1) is 13.2 Å². The summed E-state index contributed by atoms with van der Waals surface area (Å²) in [6, 6.07) is 12.2. The number of alkyl halides is 1. The molecule has 0 atom stereocenters. The minimum absolute atomic E-state index is 0.609. The first-order valence-electron chi connectivity index (χ1n) is 6.20. The van der Waals surface area contributed by atoms with Gasteiger partial charge in [-0.25, -0.2) is 0 Å². The molecule has 18 heavy (non-hydrogen) atoms. The predicted octanol–water partition coefficient (Wildman–Crippen LogP) is 4.25. The summed E-state index contributed by atoms with van der Waals surface area (Å²) in [5.41, 5.74) is 0. The van der Waals surface area contributed by atoms with Crippen molar-refractivity contribution in [2.24, 2.45) is 0 Å². The zero-order valence-corrected chi connectivity index (χ0v) is 11.2. The van der Waals surface area contributed by atoms with E-state index in [0.717, 1.165) is 28.7 Å². The van der Waals surface area contributed by atoms with Crippen molar-refractivity contribution in [1.29, 1.82) is 0 Å². The quantitative estimate of drug-likeness (QED) is 0.574. The third kappa shape index (κ3) is 2.88. The molecule has 0 radical (unpaired) electrons. The fourth-order valence-electron chi connectivity index (χ4n) is 1.87. The highest BCUT2D eigenvalue weighted by Gasteiger charge is 2.09. The normalized spacial score (nSPS) is 10.6. The van der Waals surface area contributed by atoms with E-state index in [1.165, 1.54) is 0 Å². The minimum Gasteiger partial charge on any atom is -0.490 e. The number of hydrogen-bond donors (Lipinski definition) is 0. The molecule has 0 fully saturated rings. The van der Waals surface area contributed by atoms with Crippen LogP contribution in [0, 0.1) is 0 Å². The van der Waals surface area contributed by atoms with Gasteiger partial charge in [0, 0.05) is 11.3 Å². The molecule has 0 saturated carbocycles. The van der Waals surface area contributed by atoms with Gasteiger partial charge in [0.1, 0.15) is 0 Å². The second kappa shape index (κ2) is 6.50. The third-order valence-electron chi connectivity index (χ3n) is 2.67. The molecule has 0 saturated heterocycles. The number of fused-ring (bicyclic) bond motifs is 1. The predicted molar refractivity (Wildman–Crippen MR) is 75.9 cm³/mol. The van der Waals surface area contributed by atoms with Gasteiger partial charge in [0.25, 0.3) is 0 Å². The molecular weight excluding hydrogens is 248 g/mol. The molecule has 0 aliphatic heterocycles. The van der Waals surface area contributed by atoms with Crippen molar-refractivity contribution in [1.82, 2.24) is 0 Å². The van der Waals surface area contributed by atoms with E-state index in [9.17, 15) is 0 Å². The Morgan fingerprint density at radius 1 is 1.06 bits per heavy atom. The van der Waals surface area contributed by atoms with Crippen LogP contribution in [0.5, 0.6) is 11.5 Å². The van der Waals surface area contributed by atoms with Crippen molar-refractivity contribution in [2.75, 3.05) is 19.1 Å². The lowest BCUT2D eigenvalue weighted by atomic mass is 10.1. The van der Waals surface area contributed by atoms with E-state index in [2.05, 4.69) is 12.1 Å². The molecule has 0 aliphatic rings. The van der Waals surface area contributed by atoms with Crippen LogP contribution in [0.2, 0.25) is 0 Å². The summed E-state index contributed by atoms with van der Waals surface area (Å²) >= 11 is 5.65. The lowest BCUT2D eigenvalue weighted by molar-refractivity contribution is 0.280. The van der Waals surface area contributed by atoms with Crippen molar-refractivity contribution in [3.63, 3.8) is 0 Å². The zero-order valence-electron chi connectivity index (χ0n) is 10.5. The third-order valence-corrected chi connectivity index (χ3v) is 2.93. The Morgan fingerprint density at radius 2 is 1.89 bits per heavy atom. The number of rotatable bonds is 6. The van der Waals surface area contributed by atoms with Gasteiger partial charge in [-0.15, -0.1) is 11.6 Å². The van der Waals surface area contributed by atoms with Crippen LogP contribution < -0.4 is 9.47 Å². The Kier molecular flexibility index (Phi) is 4.71. The number of halogens is 1. The molecule has 2 aromatic rings. The van der Waals surface area contributed by atoms with E-state index in [-0.39, 0.29) is 0 Å². The Balaban J connectivity index is 2.35. The molecule has 3 heteroatoms. The molecule has 0 bridgehead atoms. The van der Waals surface area contributed by atoms with Crippen molar-refractivity contribution < 1.29 is 9.47 Å². The van der Waals surface area contributed by atoms with Crippen LogP contribution in [0.1, 0.15) is 13.3 Å². The number of ether oxygens (including phenoxy) is 2. The summed E-state index contributed by atoms with van der Waals surface area (Å²) in [6.07, 6.45) is 0.833. The Morgan fingerprint density at radius 3 is 2.67 bits per heavy atom. The summed E-state index contributed by atoms with van der Waals surface area (Å²) in [5.74, 6) is 2.23. The summed E-state index contributed by atoms with van der Waals surface area (Å²) in [4.78, 5) is 0. The largest absolute Gasteiger partial charge is 0.490 e. The van der Waals surface area contributed by atoms with Gasteiger partial charge in [0.2, 0.25) is 0 Å². The van der Waals surface area contributed by atoms with E-state index < -0.39 is 0 Å². The highest BCUT2D eigenvalue weighted by molar-refractivity contribution is 6.17. The average molecular weight is 265 g/mol. The van der Waals surface area contributed by atoms with Crippen molar-refractivity contribution >= 4 is 22.4 Å². The van der Waals surface area contributed by atoms with E-state index in [0.29, 0.717) is 19.1 Å². The highest BCUT2D eigenvalue weighted by atomic mass is 35.5. The molecule has 0 amide bonds. The smallest absolute Gasteiger partial charge is 0.168 e. The Labute approximate surface area is 112 Å². The fourth-order valence-corrected chi connectivity index (χ4v) is 1.98. The van der Waals surface area contributed by atoms with Crippen LogP contribution in [0.4, 0.5) is 0 Å². The molecule has 2 nitrogen and oxygen atoms in total. The Bertz CT molecular complexity index is 511. The molecule has 0 aromatic heterocycles. The lowest BCUT2D eigenvalue weighted by Crippen LogP contribution is -2.01. The van der Waals surface area contributed by atoms with Crippen molar-refractivity contribution in [2.45, 2.75) is 13.3 Å². The zero-order chi connectivity index (χ0) is 12.8. The molecule has 96 valence electrons. The maximum atomic E-state index is 5.73. The van der Waals surface area contributed by atoms with Gasteiger partial charge >= 0.3 is 0 Å². The monoisotopic (exact) mass is 264 g/mol. The first-order chi connectivity index (χ1) is 8.86. The first-order valence-corrected chi connectivity index (χ1v) is 6.73. The molecule has 0 aliphatic carbocycles. The van der Waals surface area contributed by atoms with Crippen LogP contribution in [-0.4, -0.2) is 19.1 Å². The highest BCUT2D eigenvalue weighted by Crippen LogP contribution is 2.35. The average Bonchev–Trinajstić information content (AvgIpc) is 2.41. The number of benzene rings is 2. The van der Waals surface area contributed by atoms with Crippen LogP contribution in [-0.2, 0) is 0 Å². The molecular formula is C15H17ClO2. The molecule has 2 aromatic carbocycles. The summed E-state index contributed by atoms with van der Waals surface area (Å²) < 4.78 is 11.5. The lowest BCUT2D eigenvalue weighted by Gasteiger charge is -2.14. The first kappa shape index (κ1) is 13.0. The topological polar surface area (TPSA) is 18.5 Å². The van der Waals surface area contributed by atoms with Crippen LogP contribution in [0.15, 0.2) is 36.4 Å². The van der Waals surface area contributed by atoms with Gasteiger partial charge in [-0.1, -0.05) is 30.3 Å². The summed E-state index contributed by atoms with van der Waals surface area (Å²) in [6.45, 7) is 3.21. The number of hydrogen-bond acceptors (Lipinski definition) is 2. The van der Waals surface area contributed by atoms with Crippen molar-refractivity contribution in [3.8, 4) is 11.5 Å². The summed E-state index contributed by atoms with van der Waals surface area (Å²) in [7, 11) is 0. The van der Waals surface area contributed by atoms with E-state index in [4.69, 9.17) is 21.1 Å². The fraction of sp³-hybridized carbons (Fsp3) is 0.333. The molecule has 0 N–H and O–H groups in total. The minimum atomic E-state index is 0.609. The van der Waals surface area contributed by atoms with E-state index in [1.807, 2.05) is 31.2 Å². The second-order valence-electron chi connectivity index (χ2n) is 3.94. The Hall–Kier alpha value is -1.41. The van der Waals surface area contributed by atoms with Gasteiger partial charge in [-0.3, -0.25) is 0 Å². The van der Waals surface area contributed by atoms with Gasteiger partial charge < -0.3 is 9.47 Å². The standard InChI is InChI=1S/C15H17ClO2/c1-2-17-15-13-7-4-3-6-12(13)8-9-14(15)18-11-5-10-16/h3-4,6-9H,2,5,10-11H2,1H3. The SMILES string of the molecule is CCOc1c(OCCCCl)ccc2ccccc12. The molecule has 0 spiro atoms. The summed E-state index contributed by atoms with van der Waals surface area (Å²) in [5, 5.41) is 2.24. The van der Waals surface area contributed by atoms with Gasteiger partial charge in [0.15, 0.2) is 11.5 Å². The van der Waals surface area contributed by atoms with E-state index in [1.54, 1.807) is 0 Å². The maximum absolute atomic E-state index is 5.73. The molecule has 2 rings (SSSR count). The molecule has 0 heterocycles. The second-order valence-corrected chi connectivity index (χ2v) is 4.32. The molecule has 0 unspecified atom stereocenters. The van der Waals surface area contributed by atoms with Crippen LogP contribution in [0.3, 0.4) is 0 Å². The van der Waals surface area contributed by atoms with Crippen molar-refractivity contribution in [3.05, 3.63) is 36.4 Å².